The Morgan fingerprint density at radius 3 is 2.33 bits per heavy atom. The molecule has 2 heteroatoms. The van der Waals surface area contributed by atoms with Crippen molar-refractivity contribution < 1.29 is 0 Å². The highest BCUT2D eigenvalue weighted by molar-refractivity contribution is 5.23. The van der Waals surface area contributed by atoms with Gasteiger partial charge in [-0.3, -0.25) is 11.3 Å². The molecule has 0 atom stereocenters. The van der Waals surface area contributed by atoms with E-state index in [1.54, 1.807) is 0 Å². The molecule has 0 saturated heterocycles. The number of nitrogens with one attached hydrogen (secondary N) is 1. The Kier molecular flexibility index (Phi) is 2.84. The number of nitrogens with two attached hydrogens (primary N) is 1. The molecular weight excluding hydrogens is 148 g/mol. The van der Waals surface area contributed by atoms with E-state index in [0.717, 1.165) is 6.54 Å². The Morgan fingerprint density at radius 2 is 1.83 bits per heavy atom. The van der Waals surface area contributed by atoms with Crippen LogP contribution in [0.4, 0.5) is 0 Å². The first-order valence-electron chi connectivity index (χ1n) is 4.16. The van der Waals surface area contributed by atoms with Gasteiger partial charge in [0.25, 0.3) is 0 Å². The van der Waals surface area contributed by atoms with Crippen molar-refractivity contribution >= 4 is 0 Å². The second kappa shape index (κ2) is 3.70. The molecule has 0 radical (unpaired) electrons. The fraction of sp³-hybridized carbons (Fsp3) is 0.400. The summed E-state index contributed by atoms with van der Waals surface area (Å²) < 4.78 is 0. The smallest absolute Gasteiger partial charge is 0.0189 e. The minimum absolute atomic E-state index is 0.107. The van der Waals surface area contributed by atoms with Crippen LogP contribution in [0.3, 0.4) is 0 Å². The summed E-state index contributed by atoms with van der Waals surface area (Å²) in [5.41, 5.74) is 4.12. The third-order valence-corrected chi connectivity index (χ3v) is 2.10. The number of rotatable bonds is 3. The molecule has 1 aromatic rings. The van der Waals surface area contributed by atoms with Gasteiger partial charge in [0.05, 0.1) is 0 Å². The maximum atomic E-state index is 5.30. The van der Waals surface area contributed by atoms with Gasteiger partial charge in [-0.2, -0.15) is 0 Å². The summed E-state index contributed by atoms with van der Waals surface area (Å²) >= 11 is 0. The third kappa shape index (κ3) is 2.06. The van der Waals surface area contributed by atoms with Crippen LogP contribution in [0.5, 0.6) is 0 Å². The molecular formula is C10H16N2. The highest BCUT2D eigenvalue weighted by atomic mass is 15.2. The number of hydrogen-bond acceptors (Lipinski definition) is 2. The van der Waals surface area contributed by atoms with Gasteiger partial charge in [-0.1, -0.05) is 44.2 Å². The van der Waals surface area contributed by atoms with Crippen molar-refractivity contribution in [1.82, 2.24) is 5.43 Å². The Morgan fingerprint density at radius 1 is 1.25 bits per heavy atom. The highest BCUT2D eigenvalue weighted by Gasteiger charge is 2.18. The average molecular weight is 164 g/mol. The Hall–Kier alpha value is -0.860. The summed E-state index contributed by atoms with van der Waals surface area (Å²) in [6.07, 6.45) is 0. The molecule has 0 spiro atoms. The van der Waals surface area contributed by atoms with Crippen molar-refractivity contribution in [3.63, 3.8) is 0 Å². The van der Waals surface area contributed by atoms with Crippen LogP contribution in [0.1, 0.15) is 19.4 Å². The first-order chi connectivity index (χ1) is 5.67. The van der Waals surface area contributed by atoms with Gasteiger partial charge in [0.2, 0.25) is 0 Å². The molecule has 12 heavy (non-hydrogen) atoms. The summed E-state index contributed by atoms with van der Waals surface area (Å²) in [6, 6.07) is 10.4. The van der Waals surface area contributed by atoms with Gasteiger partial charge in [-0.05, 0) is 5.56 Å². The van der Waals surface area contributed by atoms with E-state index < -0.39 is 0 Å². The average Bonchev–Trinajstić information content (AvgIpc) is 2.06. The highest BCUT2D eigenvalue weighted by Crippen LogP contribution is 2.20. The quantitative estimate of drug-likeness (QED) is 0.524. The molecule has 0 saturated carbocycles. The molecule has 2 nitrogen and oxygen atoms in total. The first kappa shape index (κ1) is 9.23. The second-order valence-corrected chi connectivity index (χ2v) is 3.63. The lowest BCUT2D eigenvalue weighted by atomic mass is 9.85. The Bertz CT molecular complexity index is 229. The van der Waals surface area contributed by atoms with E-state index in [0.29, 0.717) is 0 Å². The molecule has 1 rings (SSSR count). The van der Waals surface area contributed by atoms with Crippen LogP contribution >= 0.6 is 0 Å². The zero-order valence-electron chi connectivity index (χ0n) is 7.67. The number of benzene rings is 1. The van der Waals surface area contributed by atoms with Crippen LogP contribution in [0, 0.1) is 0 Å². The predicted molar refractivity (Wildman–Crippen MR) is 51.7 cm³/mol. The normalized spacial score (nSPS) is 11.6. The molecule has 0 amide bonds. The van der Waals surface area contributed by atoms with Gasteiger partial charge in [0.15, 0.2) is 0 Å². The first-order valence-corrected chi connectivity index (χ1v) is 4.16. The van der Waals surface area contributed by atoms with Crippen molar-refractivity contribution in [2.24, 2.45) is 5.84 Å². The Balaban J connectivity index is 2.82. The zero-order chi connectivity index (χ0) is 9.03. The lowest BCUT2D eigenvalue weighted by Crippen LogP contribution is -2.36. The minimum Gasteiger partial charge on any atom is -0.271 e. The Labute approximate surface area is 73.8 Å². The van der Waals surface area contributed by atoms with Crippen molar-refractivity contribution in [2.75, 3.05) is 6.54 Å². The molecule has 0 aliphatic carbocycles. The van der Waals surface area contributed by atoms with Crippen molar-refractivity contribution in [1.29, 1.82) is 0 Å². The van der Waals surface area contributed by atoms with E-state index in [1.807, 2.05) is 18.2 Å². The van der Waals surface area contributed by atoms with E-state index in [4.69, 9.17) is 5.84 Å². The summed E-state index contributed by atoms with van der Waals surface area (Å²) in [4.78, 5) is 0. The van der Waals surface area contributed by atoms with Crippen LogP contribution in [-0.2, 0) is 5.41 Å². The monoisotopic (exact) mass is 164 g/mol. The van der Waals surface area contributed by atoms with Crippen LogP contribution in [0.15, 0.2) is 30.3 Å². The molecule has 0 heterocycles. The van der Waals surface area contributed by atoms with Gasteiger partial charge >= 0.3 is 0 Å². The maximum Gasteiger partial charge on any atom is 0.0189 e. The van der Waals surface area contributed by atoms with Crippen molar-refractivity contribution in [3.8, 4) is 0 Å². The molecule has 0 bridgehead atoms. The fourth-order valence-corrected chi connectivity index (χ4v) is 1.25. The molecule has 0 aliphatic heterocycles. The molecule has 66 valence electrons. The molecule has 0 aliphatic rings. The SMILES string of the molecule is CC(C)(CNN)c1ccccc1. The van der Waals surface area contributed by atoms with Crippen molar-refractivity contribution in [2.45, 2.75) is 19.3 Å². The van der Waals surface area contributed by atoms with E-state index >= 15 is 0 Å². The third-order valence-electron chi connectivity index (χ3n) is 2.10. The van der Waals surface area contributed by atoms with E-state index in [2.05, 4.69) is 31.4 Å². The van der Waals surface area contributed by atoms with Gasteiger partial charge in [-0.25, -0.2) is 0 Å². The standard InChI is InChI=1S/C10H16N2/c1-10(2,8-12-11)9-6-4-3-5-7-9/h3-7,12H,8,11H2,1-2H3. The molecule has 0 aromatic heterocycles. The van der Waals surface area contributed by atoms with Crippen LogP contribution < -0.4 is 11.3 Å². The second-order valence-electron chi connectivity index (χ2n) is 3.63. The predicted octanol–water partition coefficient (Wildman–Crippen LogP) is 1.43. The summed E-state index contributed by atoms with van der Waals surface area (Å²) in [5.74, 6) is 5.30. The lowest BCUT2D eigenvalue weighted by Gasteiger charge is -2.24. The molecule has 1 aromatic carbocycles. The zero-order valence-corrected chi connectivity index (χ0v) is 7.67. The molecule has 0 fully saturated rings. The molecule has 3 N–H and O–H groups in total. The van der Waals surface area contributed by atoms with Crippen LogP contribution in [0.2, 0.25) is 0 Å². The van der Waals surface area contributed by atoms with Gasteiger partial charge < -0.3 is 0 Å². The minimum atomic E-state index is 0.107. The van der Waals surface area contributed by atoms with Gasteiger partial charge in [0, 0.05) is 12.0 Å². The van der Waals surface area contributed by atoms with E-state index in [9.17, 15) is 0 Å². The lowest BCUT2D eigenvalue weighted by molar-refractivity contribution is 0.478. The topological polar surface area (TPSA) is 38.0 Å². The number of hydrazine groups is 1. The van der Waals surface area contributed by atoms with E-state index in [1.165, 1.54) is 5.56 Å². The summed E-state index contributed by atoms with van der Waals surface area (Å²) in [5, 5.41) is 0. The van der Waals surface area contributed by atoms with Crippen LogP contribution in [-0.4, -0.2) is 6.54 Å². The fourth-order valence-electron chi connectivity index (χ4n) is 1.25. The van der Waals surface area contributed by atoms with Crippen molar-refractivity contribution in [3.05, 3.63) is 35.9 Å². The number of hydrogen-bond donors (Lipinski definition) is 2. The largest absolute Gasteiger partial charge is 0.271 e. The molecule has 0 unspecified atom stereocenters. The summed E-state index contributed by atoms with van der Waals surface area (Å²) in [7, 11) is 0. The van der Waals surface area contributed by atoms with Gasteiger partial charge in [0.1, 0.15) is 0 Å². The maximum absolute atomic E-state index is 5.30. The summed E-state index contributed by atoms with van der Waals surface area (Å²) in [6.45, 7) is 5.13. The van der Waals surface area contributed by atoms with Crippen LogP contribution in [0.25, 0.3) is 0 Å². The van der Waals surface area contributed by atoms with Gasteiger partial charge in [-0.15, -0.1) is 0 Å². The van der Waals surface area contributed by atoms with E-state index in [-0.39, 0.29) is 5.41 Å².